The van der Waals surface area contributed by atoms with Gasteiger partial charge in [0.2, 0.25) is 11.7 Å². The van der Waals surface area contributed by atoms with E-state index in [1.807, 2.05) is 68.4 Å². The molecule has 6 nitrogen and oxygen atoms in total. The van der Waals surface area contributed by atoms with Gasteiger partial charge in [-0.3, -0.25) is 4.79 Å². The molecule has 1 amide bonds. The van der Waals surface area contributed by atoms with Crippen LogP contribution in [0.5, 0.6) is 0 Å². The van der Waals surface area contributed by atoms with Crippen molar-refractivity contribution in [2.75, 3.05) is 25.6 Å². The molecule has 12 heteroatoms. The second kappa shape index (κ2) is 20.6. The summed E-state index contributed by atoms with van der Waals surface area (Å²) in [4.78, 5) is 24.9. The molecule has 1 fully saturated rings. The molecule has 1 aliphatic carbocycles. The fourth-order valence-electron chi connectivity index (χ4n) is 5.49. The topological polar surface area (TPSA) is 70.1 Å². The molecule has 0 saturated heterocycles. The quantitative estimate of drug-likeness (QED) is 0.0717. The molecule has 5 rings (SSSR count). The maximum Gasteiger partial charge on any atom is 0.335 e. The molecule has 0 atom stereocenters. The highest BCUT2D eigenvalue weighted by atomic mass is 32.2. The molecule has 1 aliphatic rings. The minimum atomic E-state index is -2.26. The van der Waals surface area contributed by atoms with Gasteiger partial charge < -0.3 is 14.7 Å². The predicted molar refractivity (Wildman–Crippen MR) is 190 cm³/mol. The van der Waals surface area contributed by atoms with Gasteiger partial charge in [0.05, 0.1) is 25.3 Å². The van der Waals surface area contributed by atoms with E-state index in [1.165, 1.54) is 66.6 Å². The van der Waals surface area contributed by atoms with Gasteiger partial charge >= 0.3 is 5.97 Å². The molecular weight excluding hydrogens is 687 g/mol. The summed E-state index contributed by atoms with van der Waals surface area (Å²) in [5.41, 5.74) is 3.64. The first-order chi connectivity index (χ1) is 24.5. The lowest BCUT2D eigenvalue weighted by Gasteiger charge is -2.26. The number of hydrogen-bond acceptors (Lipinski definition) is 5. The van der Waals surface area contributed by atoms with Gasteiger partial charge in [-0.2, -0.15) is 0 Å². The monoisotopic (exact) mass is 730 g/mol. The smallest absolute Gasteiger partial charge is 0.335 e. The largest absolute Gasteiger partial charge is 0.478 e. The van der Waals surface area contributed by atoms with E-state index in [9.17, 15) is 36.6 Å². The highest BCUT2D eigenvalue weighted by Gasteiger charge is 2.28. The molecule has 0 heterocycles. The lowest BCUT2D eigenvalue weighted by molar-refractivity contribution is -0.118. The van der Waals surface area contributed by atoms with E-state index in [1.54, 1.807) is 7.11 Å². The van der Waals surface area contributed by atoms with Crippen LogP contribution in [0.2, 0.25) is 0 Å². The summed E-state index contributed by atoms with van der Waals surface area (Å²) in [5, 5.41) is 9.22. The number of ether oxygens (including phenoxy) is 1. The summed E-state index contributed by atoms with van der Waals surface area (Å²) in [6, 6.07) is 23.6. The van der Waals surface area contributed by atoms with Gasteiger partial charge in [0, 0.05) is 12.8 Å². The average molecular weight is 731 g/mol. The lowest BCUT2D eigenvalue weighted by atomic mass is 9.84. The third-order valence-electron chi connectivity index (χ3n) is 8.05. The summed E-state index contributed by atoms with van der Waals surface area (Å²) in [5.74, 6) is -11.6. The standard InChI is InChI=1S/C29H27F5N2O3S.C8H10O.C2H6/c1-35(40-28-26(33)24(31)23(30)25(32)27(28)34)16-22(37)36(21-13-11-20(12-14-21)29(38)39)15-17-7-9-19(10-8-17)18-5-3-2-4-6-18;1-9-7-8-5-3-2-4-6-8;1-2/h7-14,18H,2-6,15-16H2,1H3,(H,38,39);2-6H,7H2,1H3;1-2H3. The average Bonchev–Trinajstić information content (AvgIpc) is 3.16. The minimum absolute atomic E-state index is 0.0203. The van der Waals surface area contributed by atoms with Crippen LogP contribution in [-0.4, -0.2) is 42.0 Å². The number of carboxylic acid groups (broad SMARTS) is 1. The van der Waals surface area contributed by atoms with E-state index in [-0.39, 0.29) is 24.1 Å². The highest BCUT2D eigenvalue weighted by Crippen LogP contribution is 2.34. The van der Waals surface area contributed by atoms with Gasteiger partial charge in [-0.05, 0) is 78.7 Å². The summed E-state index contributed by atoms with van der Waals surface area (Å²) < 4.78 is 75.0. The molecule has 0 spiro atoms. The number of hydrogen-bond donors (Lipinski definition) is 1. The Morgan fingerprint density at radius 1 is 0.765 bits per heavy atom. The SMILES string of the molecule is CC.CN(CC(=O)N(Cc1ccc(C2CCCCC2)cc1)c1ccc(C(=O)O)cc1)Sc1c(F)c(F)c(F)c(F)c1F.COCc1ccccc1. The first kappa shape index (κ1) is 41.2. The second-order valence-electron chi connectivity index (χ2n) is 11.6. The molecule has 51 heavy (non-hydrogen) atoms. The van der Waals surface area contributed by atoms with Crippen molar-refractivity contribution >= 4 is 29.5 Å². The normalized spacial score (nSPS) is 12.7. The summed E-state index contributed by atoms with van der Waals surface area (Å²) in [6.45, 7) is 4.36. The van der Waals surface area contributed by atoms with E-state index >= 15 is 0 Å². The Morgan fingerprint density at radius 3 is 1.84 bits per heavy atom. The van der Waals surface area contributed by atoms with Crippen molar-refractivity contribution in [2.24, 2.45) is 0 Å². The number of anilines is 1. The zero-order chi connectivity index (χ0) is 37.5. The maximum absolute atomic E-state index is 14.2. The number of nitrogens with zero attached hydrogens (tertiary/aromatic N) is 2. The van der Waals surface area contributed by atoms with Crippen molar-refractivity contribution < 1.29 is 41.4 Å². The van der Waals surface area contributed by atoms with Crippen molar-refractivity contribution in [2.45, 2.75) is 69.9 Å². The summed E-state index contributed by atoms with van der Waals surface area (Å²) in [7, 11) is 2.98. The lowest BCUT2D eigenvalue weighted by Crippen LogP contribution is -2.37. The van der Waals surface area contributed by atoms with E-state index in [0.717, 1.165) is 22.7 Å². The van der Waals surface area contributed by atoms with Crippen molar-refractivity contribution in [3.63, 3.8) is 0 Å². The van der Waals surface area contributed by atoms with E-state index in [4.69, 9.17) is 4.74 Å². The molecule has 0 unspecified atom stereocenters. The Bertz CT molecular complexity index is 1670. The molecular formula is C39H43F5N2O4S. The van der Waals surface area contributed by atoms with E-state index in [0.29, 0.717) is 18.2 Å². The van der Waals surface area contributed by atoms with Crippen LogP contribution in [-0.2, 0) is 22.7 Å². The van der Waals surface area contributed by atoms with E-state index in [2.05, 4.69) is 0 Å². The van der Waals surface area contributed by atoms with Crippen molar-refractivity contribution in [3.05, 3.63) is 130 Å². The predicted octanol–water partition coefficient (Wildman–Crippen LogP) is 10.2. The zero-order valence-corrected chi connectivity index (χ0v) is 29.9. The number of methoxy groups -OCH3 is 1. The van der Waals surface area contributed by atoms with Crippen molar-refractivity contribution in [1.29, 1.82) is 0 Å². The minimum Gasteiger partial charge on any atom is -0.478 e. The van der Waals surface area contributed by atoms with Crippen molar-refractivity contribution in [3.8, 4) is 0 Å². The molecule has 0 aliphatic heterocycles. The van der Waals surface area contributed by atoms with Crippen LogP contribution >= 0.6 is 11.9 Å². The summed E-state index contributed by atoms with van der Waals surface area (Å²) >= 11 is 0.217. The fraction of sp³-hybridized carbons (Fsp3) is 0.333. The van der Waals surface area contributed by atoms with Crippen LogP contribution < -0.4 is 4.90 Å². The van der Waals surface area contributed by atoms with Gasteiger partial charge in [-0.15, -0.1) is 0 Å². The molecule has 4 aromatic rings. The van der Waals surface area contributed by atoms with Gasteiger partial charge in [-0.25, -0.2) is 31.1 Å². The number of amides is 1. The second-order valence-corrected chi connectivity index (χ2v) is 12.8. The third kappa shape index (κ3) is 11.6. The Balaban J connectivity index is 0.000000549. The first-order valence-corrected chi connectivity index (χ1v) is 17.4. The number of carbonyl (C=O) groups is 2. The fourth-order valence-corrected chi connectivity index (χ4v) is 6.32. The van der Waals surface area contributed by atoms with Crippen LogP contribution in [0.3, 0.4) is 0 Å². The first-order valence-electron chi connectivity index (χ1n) is 16.7. The van der Waals surface area contributed by atoms with Crippen LogP contribution in [0.4, 0.5) is 27.6 Å². The van der Waals surface area contributed by atoms with Crippen LogP contribution in [0.25, 0.3) is 0 Å². The number of carbonyl (C=O) groups excluding carboxylic acids is 1. The molecule has 0 radical (unpaired) electrons. The van der Waals surface area contributed by atoms with E-state index < -0.39 is 52.4 Å². The van der Waals surface area contributed by atoms with Gasteiger partial charge in [-0.1, -0.05) is 87.7 Å². The van der Waals surface area contributed by atoms with Crippen LogP contribution in [0.15, 0.2) is 83.8 Å². The van der Waals surface area contributed by atoms with Gasteiger partial charge in [0.25, 0.3) is 0 Å². The molecule has 274 valence electrons. The highest BCUT2D eigenvalue weighted by molar-refractivity contribution is 7.97. The number of likely N-dealkylation sites (N-methyl/N-ethyl adjacent to an activating group) is 1. The van der Waals surface area contributed by atoms with Gasteiger partial charge in [0.1, 0.15) is 4.90 Å². The molecule has 1 N–H and O–H groups in total. The number of benzene rings is 4. The number of halogens is 5. The molecule has 1 saturated carbocycles. The van der Waals surface area contributed by atoms with Crippen LogP contribution in [0, 0.1) is 29.1 Å². The van der Waals surface area contributed by atoms with Crippen molar-refractivity contribution in [1.82, 2.24) is 4.31 Å². The zero-order valence-electron chi connectivity index (χ0n) is 29.1. The Morgan fingerprint density at radius 2 is 1.31 bits per heavy atom. The molecule has 0 aromatic heterocycles. The van der Waals surface area contributed by atoms with Crippen LogP contribution in [0.1, 0.15) is 78.9 Å². The Hall–Kier alpha value is -4.26. The number of aromatic carboxylic acids is 1. The number of carboxylic acids is 1. The maximum atomic E-state index is 14.2. The molecule has 4 aromatic carbocycles. The molecule has 0 bridgehead atoms. The Kier molecular flexibility index (Phi) is 16.6. The Labute approximate surface area is 300 Å². The summed E-state index contributed by atoms with van der Waals surface area (Å²) in [6.07, 6.45) is 5.89. The third-order valence-corrected chi connectivity index (χ3v) is 9.03. The van der Waals surface area contributed by atoms with Gasteiger partial charge in [0.15, 0.2) is 23.3 Å². The number of rotatable bonds is 11.